The highest BCUT2D eigenvalue weighted by atomic mass is 35.5. The Labute approximate surface area is 185 Å². The van der Waals surface area contributed by atoms with Crippen LogP contribution in [0.3, 0.4) is 0 Å². The van der Waals surface area contributed by atoms with Crippen molar-refractivity contribution in [3.05, 3.63) is 64.7 Å². The first-order chi connectivity index (χ1) is 14.5. The molecular formula is C22H23ClN4O4. The van der Waals surface area contributed by atoms with Crippen molar-refractivity contribution in [2.75, 3.05) is 11.9 Å². The number of nitrogens with two attached hydrogens (primary N) is 1. The van der Waals surface area contributed by atoms with Gasteiger partial charge in [0.1, 0.15) is 6.04 Å². The topological polar surface area (TPSA) is 122 Å². The maximum absolute atomic E-state index is 12.9. The molecule has 0 radical (unpaired) electrons. The molecule has 2 aliphatic heterocycles. The highest BCUT2D eigenvalue weighted by Gasteiger charge is 2.39. The van der Waals surface area contributed by atoms with E-state index in [2.05, 4.69) is 10.6 Å². The molecule has 4 N–H and O–H groups in total. The minimum Gasteiger partial charge on any atom is -0.330 e. The number of piperidine rings is 1. The molecule has 0 saturated carbocycles. The van der Waals surface area contributed by atoms with Crippen LogP contribution < -0.4 is 16.4 Å². The lowest BCUT2D eigenvalue weighted by molar-refractivity contribution is -0.136. The van der Waals surface area contributed by atoms with Crippen LogP contribution >= 0.6 is 12.4 Å². The van der Waals surface area contributed by atoms with Crippen LogP contribution in [-0.2, 0) is 22.6 Å². The first-order valence-electron chi connectivity index (χ1n) is 9.84. The third kappa shape index (κ3) is 4.60. The number of nitrogens with one attached hydrogen (secondary N) is 2. The van der Waals surface area contributed by atoms with E-state index in [1.165, 1.54) is 4.90 Å². The van der Waals surface area contributed by atoms with Gasteiger partial charge in [-0.2, -0.15) is 0 Å². The maximum atomic E-state index is 12.9. The summed E-state index contributed by atoms with van der Waals surface area (Å²) >= 11 is 0. The lowest BCUT2D eigenvalue weighted by atomic mass is 10.0. The van der Waals surface area contributed by atoms with E-state index in [0.29, 0.717) is 36.2 Å². The summed E-state index contributed by atoms with van der Waals surface area (Å²) in [4.78, 5) is 50.6. The molecule has 1 unspecified atom stereocenters. The Morgan fingerprint density at radius 2 is 1.97 bits per heavy atom. The Morgan fingerprint density at radius 1 is 1.16 bits per heavy atom. The summed E-state index contributed by atoms with van der Waals surface area (Å²) in [6, 6.07) is 11.7. The van der Waals surface area contributed by atoms with Gasteiger partial charge in [0, 0.05) is 29.8 Å². The van der Waals surface area contributed by atoms with E-state index in [4.69, 9.17) is 5.73 Å². The number of halogens is 1. The first-order valence-corrected chi connectivity index (χ1v) is 9.84. The summed E-state index contributed by atoms with van der Waals surface area (Å²) < 4.78 is 0. The Bertz CT molecular complexity index is 1060. The van der Waals surface area contributed by atoms with Crippen molar-refractivity contribution in [1.29, 1.82) is 0 Å². The lowest BCUT2D eigenvalue weighted by Crippen LogP contribution is -2.52. The van der Waals surface area contributed by atoms with Gasteiger partial charge in [-0.15, -0.1) is 12.4 Å². The van der Waals surface area contributed by atoms with Crippen molar-refractivity contribution in [3.8, 4) is 0 Å². The second kappa shape index (κ2) is 9.28. The number of hydrogen-bond donors (Lipinski definition) is 3. The van der Waals surface area contributed by atoms with E-state index in [1.54, 1.807) is 24.3 Å². The van der Waals surface area contributed by atoms with Crippen LogP contribution in [-0.4, -0.2) is 41.1 Å². The van der Waals surface area contributed by atoms with Crippen molar-refractivity contribution in [1.82, 2.24) is 10.2 Å². The monoisotopic (exact) mass is 442 g/mol. The molecule has 8 nitrogen and oxygen atoms in total. The van der Waals surface area contributed by atoms with Gasteiger partial charge in [0.15, 0.2) is 0 Å². The minimum atomic E-state index is -0.676. The molecular weight excluding hydrogens is 420 g/mol. The van der Waals surface area contributed by atoms with Gasteiger partial charge in [-0.1, -0.05) is 18.2 Å². The number of carbonyl (C=O) groups is 4. The Morgan fingerprint density at radius 3 is 2.71 bits per heavy atom. The fourth-order valence-corrected chi connectivity index (χ4v) is 3.87. The van der Waals surface area contributed by atoms with E-state index < -0.39 is 11.9 Å². The fraction of sp³-hybridized carbons (Fsp3) is 0.273. The zero-order chi connectivity index (χ0) is 21.3. The van der Waals surface area contributed by atoms with Crippen molar-refractivity contribution >= 4 is 41.7 Å². The molecule has 0 aliphatic carbocycles. The van der Waals surface area contributed by atoms with Crippen LogP contribution in [0.25, 0.3) is 0 Å². The molecule has 0 spiro atoms. The van der Waals surface area contributed by atoms with E-state index in [1.807, 2.05) is 18.2 Å². The molecule has 4 rings (SSSR count). The summed E-state index contributed by atoms with van der Waals surface area (Å²) in [6.45, 7) is 0.803. The number of imide groups is 1. The smallest absolute Gasteiger partial charge is 0.255 e. The van der Waals surface area contributed by atoms with Crippen LogP contribution in [0.4, 0.5) is 5.69 Å². The molecule has 2 heterocycles. The van der Waals surface area contributed by atoms with Crippen LogP contribution in [0.5, 0.6) is 0 Å². The van der Waals surface area contributed by atoms with Gasteiger partial charge in [-0.25, -0.2) is 0 Å². The van der Waals surface area contributed by atoms with Crippen LogP contribution in [0.2, 0.25) is 0 Å². The fourth-order valence-electron chi connectivity index (χ4n) is 3.87. The van der Waals surface area contributed by atoms with E-state index in [9.17, 15) is 19.2 Å². The number of anilines is 1. The average molecular weight is 443 g/mol. The van der Waals surface area contributed by atoms with Crippen LogP contribution in [0, 0.1) is 0 Å². The van der Waals surface area contributed by atoms with Gasteiger partial charge in [0.05, 0.1) is 0 Å². The van der Waals surface area contributed by atoms with E-state index in [-0.39, 0.29) is 43.1 Å². The molecule has 2 aromatic carbocycles. The number of nitrogens with zero attached hydrogens (tertiary/aromatic N) is 1. The van der Waals surface area contributed by atoms with Crippen LogP contribution in [0.15, 0.2) is 42.5 Å². The Kier molecular flexibility index (Phi) is 6.72. The van der Waals surface area contributed by atoms with E-state index in [0.717, 1.165) is 11.1 Å². The first kappa shape index (κ1) is 22.5. The number of benzene rings is 2. The summed E-state index contributed by atoms with van der Waals surface area (Å²) in [5.41, 5.74) is 8.79. The van der Waals surface area contributed by atoms with Gasteiger partial charge < -0.3 is 16.0 Å². The van der Waals surface area contributed by atoms with Gasteiger partial charge >= 0.3 is 0 Å². The Balaban J connectivity index is 0.00000272. The average Bonchev–Trinajstić information content (AvgIpc) is 3.04. The highest BCUT2D eigenvalue weighted by Crippen LogP contribution is 2.28. The number of fused-ring (bicyclic) bond motifs is 1. The van der Waals surface area contributed by atoms with E-state index >= 15 is 0 Å². The number of hydrogen-bond acceptors (Lipinski definition) is 5. The quantitative estimate of drug-likeness (QED) is 0.607. The molecule has 162 valence electrons. The van der Waals surface area contributed by atoms with Gasteiger partial charge in [0.25, 0.3) is 11.8 Å². The predicted octanol–water partition coefficient (Wildman–Crippen LogP) is 1.62. The molecule has 1 fully saturated rings. The summed E-state index contributed by atoms with van der Waals surface area (Å²) in [5.74, 6) is -1.41. The van der Waals surface area contributed by atoms with Crippen molar-refractivity contribution in [2.45, 2.75) is 31.8 Å². The number of amides is 4. The molecule has 31 heavy (non-hydrogen) atoms. The molecule has 2 aliphatic rings. The van der Waals surface area contributed by atoms with Gasteiger partial charge in [0.2, 0.25) is 11.8 Å². The second-order valence-corrected chi connectivity index (χ2v) is 7.47. The summed E-state index contributed by atoms with van der Waals surface area (Å²) in [7, 11) is 0. The third-order valence-corrected chi connectivity index (χ3v) is 5.41. The maximum Gasteiger partial charge on any atom is 0.255 e. The minimum absolute atomic E-state index is 0. The zero-order valence-electron chi connectivity index (χ0n) is 16.7. The molecule has 2 aromatic rings. The molecule has 1 atom stereocenters. The third-order valence-electron chi connectivity index (χ3n) is 5.41. The van der Waals surface area contributed by atoms with Gasteiger partial charge in [-0.05, 0) is 54.8 Å². The summed E-state index contributed by atoms with van der Waals surface area (Å²) in [6.07, 6.45) is 1.22. The Hall–Kier alpha value is -3.23. The number of rotatable bonds is 5. The molecule has 0 bridgehead atoms. The van der Waals surface area contributed by atoms with Crippen molar-refractivity contribution in [2.24, 2.45) is 5.73 Å². The number of carbonyl (C=O) groups excluding carboxylic acids is 4. The summed E-state index contributed by atoms with van der Waals surface area (Å²) in [5, 5.41) is 5.12. The second-order valence-electron chi connectivity index (χ2n) is 7.47. The normalized spacial score (nSPS) is 17.6. The molecule has 9 heteroatoms. The van der Waals surface area contributed by atoms with Crippen molar-refractivity contribution in [3.63, 3.8) is 0 Å². The zero-order valence-corrected chi connectivity index (χ0v) is 17.5. The predicted molar refractivity (Wildman–Crippen MR) is 117 cm³/mol. The lowest BCUT2D eigenvalue weighted by Gasteiger charge is -2.29. The van der Waals surface area contributed by atoms with Gasteiger partial charge in [-0.3, -0.25) is 24.5 Å². The molecule has 1 saturated heterocycles. The largest absolute Gasteiger partial charge is 0.330 e. The SMILES string of the molecule is Cl.NCCc1cccc(NC(=O)c2ccc3c(c2)C(=O)N(C2CCC(=O)NC2=O)C3)c1. The van der Waals surface area contributed by atoms with Crippen LogP contribution in [0.1, 0.15) is 44.7 Å². The molecule has 4 amide bonds. The molecule has 0 aromatic heterocycles. The van der Waals surface area contributed by atoms with Crippen molar-refractivity contribution < 1.29 is 19.2 Å². The standard InChI is InChI=1S/C22H22N4O4.ClH/c23-9-8-13-2-1-3-16(10-13)24-20(28)14-4-5-15-12-26(22(30)17(15)11-14)18-6-7-19(27)25-21(18)29;/h1-5,10-11,18H,6-9,12,23H2,(H,24,28)(H,25,27,29);1H. The highest BCUT2D eigenvalue weighted by molar-refractivity contribution is 6.08.